The summed E-state index contributed by atoms with van der Waals surface area (Å²) >= 11 is 0. The predicted molar refractivity (Wildman–Crippen MR) is 216 cm³/mol. The lowest BCUT2D eigenvalue weighted by Gasteiger charge is -2.29. The molecule has 0 unspecified atom stereocenters. The molecule has 0 radical (unpaired) electrons. The molecule has 2 aromatic heterocycles. The summed E-state index contributed by atoms with van der Waals surface area (Å²) in [6, 6.07) is 29.6. The minimum Gasteiger partial charge on any atom is -0.309 e. The SMILES string of the molecule is CC(C)(C)c1ccc2c(c1)c1cc(C(C)(C)C)cc3c1n2-c1cc2c(cc1C3)-n1c3ccc(C(C)(C)C)cc3c3cc(C(C)(C)C)cc(c31)C2. The van der Waals surface area contributed by atoms with Gasteiger partial charge >= 0.3 is 0 Å². The maximum Gasteiger partial charge on any atom is 0.0576 e. The van der Waals surface area contributed by atoms with Crippen LogP contribution in [0.15, 0.2) is 72.8 Å². The third-order valence-electron chi connectivity index (χ3n) is 11.9. The standard InChI is InChI=1S/C48H52N2/c1-45(2,3)31-13-15-39-35(23-31)37-25-33(47(7,8)9)19-29-17-27-22-42-28(21-41(27)49(39)43(29)37)18-30-20-34(48(10,11)12)26-38-36-24-32(46(4,5)6)14-16-40(36)50(42)44(30)38/h13-16,19-26H,17-18H2,1-12H3. The Morgan fingerprint density at radius 2 is 0.700 bits per heavy atom. The van der Waals surface area contributed by atoms with Crippen molar-refractivity contribution < 1.29 is 0 Å². The van der Waals surface area contributed by atoms with Crippen molar-refractivity contribution in [3.05, 3.63) is 117 Å². The molecular formula is C48H52N2. The van der Waals surface area contributed by atoms with Crippen molar-refractivity contribution in [2.45, 2.75) is 118 Å². The van der Waals surface area contributed by atoms with Crippen LogP contribution in [-0.4, -0.2) is 9.13 Å². The fraction of sp³-hybridized carbons (Fsp3) is 0.375. The summed E-state index contributed by atoms with van der Waals surface area (Å²) in [6.07, 6.45) is 1.88. The van der Waals surface area contributed by atoms with E-state index in [9.17, 15) is 0 Å². The van der Waals surface area contributed by atoms with E-state index in [-0.39, 0.29) is 21.7 Å². The number of nitrogens with zero attached hydrogens (tertiary/aromatic N) is 2. The van der Waals surface area contributed by atoms with Gasteiger partial charge in [-0.3, -0.25) is 0 Å². The molecule has 254 valence electrons. The first-order valence-corrected chi connectivity index (χ1v) is 18.7. The largest absolute Gasteiger partial charge is 0.309 e. The molecule has 0 saturated carbocycles. The normalized spacial score (nSPS) is 14.6. The first kappa shape index (κ1) is 31.7. The van der Waals surface area contributed by atoms with Crippen molar-refractivity contribution in [2.24, 2.45) is 0 Å². The number of rotatable bonds is 0. The minimum absolute atomic E-state index is 0.0636. The second-order valence-electron chi connectivity index (χ2n) is 19.7. The predicted octanol–water partition coefficient (Wildman–Crippen LogP) is 12.9. The monoisotopic (exact) mass is 656 g/mol. The molecular weight excluding hydrogens is 605 g/mol. The highest BCUT2D eigenvalue weighted by Crippen LogP contribution is 2.47. The van der Waals surface area contributed by atoms with Gasteiger partial charge in [-0.05, 0) is 115 Å². The third-order valence-corrected chi connectivity index (χ3v) is 11.9. The maximum atomic E-state index is 2.61. The van der Waals surface area contributed by atoms with E-state index < -0.39 is 0 Å². The van der Waals surface area contributed by atoms with E-state index in [0.717, 1.165) is 12.8 Å². The Hall–Kier alpha value is -4.30. The van der Waals surface area contributed by atoms with E-state index in [1.54, 1.807) is 0 Å². The average Bonchev–Trinajstić information content (AvgIpc) is 3.53. The Morgan fingerprint density at radius 3 is 1.04 bits per heavy atom. The van der Waals surface area contributed by atoms with Gasteiger partial charge in [0, 0.05) is 34.4 Å². The smallest absolute Gasteiger partial charge is 0.0576 e. The van der Waals surface area contributed by atoms with Crippen LogP contribution >= 0.6 is 0 Å². The van der Waals surface area contributed by atoms with Gasteiger partial charge in [-0.25, -0.2) is 0 Å². The van der Waals surface area contributed by atoms with Crippen molar-refractivity contribution in [2.75, 3.05) is 0 Å². The van der Waals surface area contributed by atoms with Crippen LogP contribution in [0.2, 0.25) is 0 Å². The van der Waals surface area contributed by atoms with Crippen LogP contribution in [-0.2, 0) is 34.5 Å². The van der Waals surface area contributed by atoms with Crippen LogP contribution in [0.3, 0.4) is 0 Å². The van der Waals surface area contributed by atoms with Gasteiger partial charge in [-0.2, -0.15) is 0 Å². The molecule has 0 saturated heterocycles. The Balaban J connectivity index is 1.36. The van der Waals surface area contributed by atoms with E-state index in [0.29, 0.717) is 0 Å². The van der Waals surface area contributed by atoms with Gasteiger partial charge < -0.3 is 9.13 Å². The first-order chi connectivity index (χ1) is 23.3. The molecule has 2 aliphatic heterocycles. The molecule has 2 aliphatic rings. The second-order valence-corrected chi connectivity index (χ2v) is 19.7. The van der Waals surface area contributed by atoms with Gasteiger partial charge in [0.2, 0.25) is 0 Å². The zero-order chi connectivity index (χ0) is 35.4. The summed E-state index contributed by atoms with van der Waals surface area (Å²) in [5.41, 5.74) is 19.7. The van der Waals surface area contributed by atoms with E-state index in [2.05, 4.69) is 165 Å². The number of aromatic nitrogens is 2. The lowest BCUT2D eigenvalue weighted by atomic mass is 9.82. The Morgan fingerprint density at radius 1 is 0.360 bits per heavy atom. The summed E-state index contributed by atoms with van der Waals surface area (Å²) in [4.78, 5) is 0. The topological polar surface area (TPSA) is 9.86 Å². The van der Waals surface area contributed by atoms with Gasteiger partial charge in [0.25, 0.3) is 0 Å². The van der Waals surface area contributed by atoms with Crippen molar-refractivity contribution >= 4 is 43.6 Å². The highest BCUT2D eigenvalue weighted by atomic mass is 15.0. The molecule has 0 spiro atoms. The Labute approximate surface area is 298 Å². The molecule has 0 amide bonds. The zero-order valence-corrected chi connectivity index (χ0v) is 32.2. The average molecular weight is 657 g/mol. The minimum atomic E-state index is 0.0636. The number of benzene rings is 5. The van der Waals surface area contributed by atoms with Gasteiger partial charge in [-0.15, -0.1) is 0 Å². The van der Waals surface area contributed by atoms with E-state index in [1.807, 2.05) is 0 Å². The quantitative estimate of drug-likeness (QED) is 0.154. The fourth-order valence-corrected chi connectivity index (χ4v) is 8.80. The van der Waals surface area contributed by atoms with Crippen molar-refractivity contribution in [3.8, 4) is 11.4 Å². The van der Waals surface area contributed by atoms with Crippen LogP contribution in [0.5, 0.6) is 0 Å². The highest BCUT2D eigenvalue weighted by Gasteiger charge is 2.31. The number of hydrogen-bond acceptors (Lipinski definition) is 0. The number of hydrogen-bond donors (Lipinski definition) is 0. The van der Waals surface area contributed by atoms with Crippen LogP contribution in [0.25, 0.3) is 55.0 Å². The maximum absolute atomic E-state index is 2.61. The molecule has 9 rings (SSSR count). The summed E-state index contributed by atoms with van der Waals surface area (Å²) < 4.78 is 5.22. The molecule has 7 aromatic rings. The van der Waals surface area contributed by atoms with Gasteiger partial charge in [0.15, 0.2) is 0 Å². The zero-order valence-electron chi connectivity index (χ0n) is 32.2. The van der Waals surface area contributed by atoms with Crippen molar-refractivity contribution in [1.82, 2.24) is 9.13 Å². The molecule has 0 fully saturated rings. The third kappa shape index (κ3) is 4.46. The van der Waals surface area contributed by atoms with E-state index in [1.165, 1.54) is 99.5 Å². The molecule has 2 nitrogen and oxygen atoms in total. The summed E-state index contributed by atoms with van der Waals surface area (Å²) in [7, 11) is 0. The molecule has 0 bridgehead atoms. The van der Waals surface area contributed by atoms with Crippen LogP contribution in [0, 0.1) is 0 Å². The summed E-state index contributed by atoms with van der Waals surface area (Å²) in [5, 5.41) is 5.53. The Kier molecular flexibility index (Phi) is 6.16. The number of fused-ring (bicyclic) bond motifs is 10. The fourth-order valence-electron chi connectivity index (χ4n) is 8.80. The van der Waals surface area contributed by atoms with E-state index >= 15 is 0 Å². The molecule has 2 heteroatoms. The molecule has 4 heterocycles. The lowest BCUT2D eigenvalue weighted by Crippen LogP contribution is -2.17. The first-order valence-electron chi connectivity index (χ1n) is 18.7. The van der Waals surface area contributed by atoms with Gasteiger partial charge in [0.1, 0.15) is 0 Å². The molecule has 50 heavy (non-hydrogen) atoms. The molecule has 0 aliphatic carbocycles. The molecule has 0 N–H and O–H groups in total. The van der Waals surface area contributed by atoms with Gasteiger partial charge in [0.05, 0.1) is 33.4 Å². The Bertz CT molecular complexity index is 2420. The summed E-state index contributed by atoms with van der Waals surface area (Å²) in [6.45, 7) is 28.1. The van der Waals surface area contributed by atoms with Crippen LogP contribution in [0.1, 0.15) is 128 Å². The molecule has 5 aromatic carbocycles. The summed E-state index contributed by atoms with van der Waals surface area (Å²) in [5.74, 6) is 0. The lowest BCUT2D eigenvalue weighted by molar-refractivity contribution is 0.590. The second kappa shape index (κ2) is 9.72. The van der Waals surface area contributed by atoms with Crippen LogP contribution in [0.4, 0.5) is 0 Å². The molecule has 0 atom stereocenters. The van der Waals surface area contributed by atoms with Crippen molar-refractivity contribution in [1.29, 1.82) is 0 Å². The van der Waals surface area contributed by atoms with Gasteiger partial charge in [-0.1, -0.05) is 107 Å². The highest BCUT2D eigenvalue weighted by molar-refractivity contribution is 6.13. The van der Waals surface area contributed by atoms with Crippen LogP contribution < -0.4 is 0 Å². The van der Waals surface area contributed by atoms with Crippen molar-refractivity contribution in [3.63, 3.8) is 0 Å². The van der Waals surface area contributed by atoms with E-state index in [4.69, 9.17) is 0 Å².